The Hall–Kier alpha value is -1.23. The molecule has 5 heteroatoms. The summed E-state index contributed by atoms with van der Waals surface area (Å²) in [6.45, 7) is 0.393. The van der Waals surface area contributed by atoms with Crippen LogP contribution in [0.2, 0.25) is 0 Å². The Labute approximate surface area is 85.8 Å². The Kier molecular flexibility index (Phi) is 3.96. The second-order valence-electron chi connectivity index (χ2n) is 3.07. The normalized spacial score (nSPS) is 10.5. The minimum Gasteiger partial charge on any atom is -0.493 e. The highest BCUT2D eigenvalue weighted by Gasteiger charge is 2.18. The average molecular weight is 219 g/mol. The number of hydrogen-bond donors (Lipinski definition) is 1. The smallest absolute Gasteiger partial charge is 0.203 e. The van der Waals surface area contributed by atoms with Gasteiger partial charge in [0.2, 0.25) is 5.82 Å². The first-order chi connectivity index (χ1) is 7.11. The number of benzene rings is 1. The Morgan fingerprint density at radius 1 is 1.27 bits per heavy atom. The van der Waals surface area contributed by atoms with Crippen LogP contribution in [0.1, 0.15) is 12.0 Å². The summed E-state index contributed by atoms with van der Waals surface area (Å²) < 4.78 is 43.6. The van der Waals surface area contributed by atoms with Crippen molar-refractivity contribution in [1.82, 2.24) is 0 Å². The Morgan fingerprint density at radius 3 is 2.47 bits per heavy atom. The van der Waals surface area contributed by atoms with Crippen molar-refractivity contribution >= 4 is 0 Å². The Morgan fingerprint density at radius 2 is 1.93 bits per heavy atom. The Bertz CT molecular complexity index is 355. The fourth-order valence-corrected chi connectivity index (χ4v) is 1.33. The predicted molar refractivity (Wildman–Crippen MR) is 50.2 cm³/mol. The molecular formula is C10H12F3NO. The lowest BCUT2D eigenvalue weighted by Crippen LogP contribution is -2.05. The minimum absolute atomic E-state index is 0.248. The third-order valence-electron chi connectivity index (χ3n) is 2.05. The van der Waals surface area contributed by atoms with Crippen LogP contribution in [-0.2, 0) is 6.42 Å². The second-order valence-corrected chi connectivity index (χ2v) is 3.07. The van der Waals surface area contributed by atoms with Gasteiger partial charge in [0.25, 0.3) is 0 Å². The molecule has 0 bridgehead atoms. The first kappa shape index (κ1) is 11.8. The van der Waals surface area contributed by atoms with Gasteiger partial charge in [-0.25, -0.2) is 8.78 Å². The largest absolute Gasteiger partial charge is 0.493 e. The fraction of sp³-hybridized carbons (Fsp3) is 0.400. The molecule has 84 valence electrons. The topological polar surface area (TPSA) is 35.2 Å². The lowest BCUT2D eigenvalue weighted by atomic mass is 10.1. The van der Waals surface area contributed by atoms with Crippen molar-refractivity contribution in [2.45, 2.75) is 12.8 Å². The molecule has 0 aliphatic rings. The number of nitrogens with two attached hydrogens (primary N) is 1. The van der Waals surface area contributed by atoms with E-state index in [-0.39, 0.29) is 5.75 Å². The lowest BCUT2D eigenvalue weighted by Gasteiger charge is -2.10. The van der Waals surface area contributed by atoms with E-state index in [0.717, 1.165) is 6.07 Å². The van der Waals surface area contributed by atoms with Gasteiger partial charge in [-0.05, 0) is 25.5 Å². The highest BCUT2D eigenvalue weighted by atomic mass is 19.2. The molecule has 0 unspecified atom stereocenters. The van der Waals surface area contributed by atoms with Crippen LogP contribution in [0.3, 0.4) is 0 Å². The van der Waals surface area contributed by atoms with E-state index in [2.05, 4.69) is 4.74 Å². The SMILES string of the molecule is COc1c(CCCN)cc(F)c(F)c1F. The zero-order valence-corrected chi connectivity index (χ0v) is 8.32. The fourth-order valence-electron chi connectivity index (χ4n) is 1.33. The molecule has 1 rings (SSSR count). The van der Waals surface area contributed by atoms with Gasteiger partial charge >= 0.3 is 0 Å². The Balaban J connectivity index is 3.13. The highest BCUT2D eigenvalue weighted by molar-refractivity contribution is 5.36. The van der Waals surface area contributed by atoms with Crippen LogP contribution in [0.4, 0.5) is 13.2 Å². The molecule has 0 aliphatic carbocycles. The number of methoxy groups -OCH3 is 1. The molecule has 0 radical (unpaired) electrons. The summed E-state index contributed by atoms with van der Waals surface area (Å²) in [5.41, 5.74) is 5.56. The summed E-state index contributed by atoms with van der Waals surface area (Å²) in [5.74, 6) is -4.25. The van der Waals surface area contributed by atoms with E-state index in [4.69, 9.17) is 5.73 Å². The highest BCUT2D eigenvalue weighted by Crippen LogP contribution is 2.27. The van der Waals surface area contributed by atoms with Crippen LogP contribution in [0.25, 0.3) is 0 Å². The molecular weight excluding hydrogens is 207 g/mol. The van der Waals surface area contributed by atoms with Crippen LogP contribution < -0.4 is 10.5 Å². The first-order valence-electron chi connectivity index (χ1n) is 4.52. The van der Waals surface area contributed by atoms with Crippen molar-refractivity contribution in [1.29, 1.82) is 0 Å². The molecule has 2 N–H and O–H groups in total. The van der Waals surface area contributed by atoms with Crippen molar-refractivity contribution in [3.63, 3.8) is 0 Å². The predicted octanol–water partition coefficient (Wildman–Crippen LogP) is 2.00. The average Bonchev–Trinajstić information content (AvgIpc) is 2.23. The summed E-state index contributed by atoms with van der Waals surface area (Å²) in [6, 6.07) is 0.937. The van der Waals surface area contributed by atoms with Crippen LogP contribution in [0, 0.1) is 17.5 Å². The quantitative estimate of drug-likeness (QED) is 0.786. The second kappa shape index (κ2) is 5.02. The van der Waals surface area contributed by atoms with E-state index in [1.54, 1.807) is 0 Å². The molecule has 0 saturated heterocycles. The van der Waals surface area contributed by atoms with Crippen LogP contribution in [0.5, 0.6) is 5.75 Å². The van der Waals surface area contributed by atoms with Gasteiger partial charge in [-0.2, -0.15) is 4.39 Å². The third-order valence-corrected chi connectivity index (χ3v) is 2.05. The summed E-state index contributed by atoms with van der Waals surface area (Å²) >= 11 is 0. The van der Waals surface area contributed by atoms with E-state index in [0.29, 0.717) is 24.9 Å². The molecule has 2 nitrogen and oxygen atoms in total. The monoisotopic (exact) mass is 219 g/mol. The summed E-state index contributed by atoms with van der Waals surface area (Å²) in [5, 5.41) is 0. The molecule has 0 aliphatic heterocycles. The van der Waals surface area contributed by atoms with E-state index in [9.17, 15) is 13.2 Å². The van der Waals surface area contributed by atoms with Crippen molar-refractivity contribution in [3.8, 4) is 5.75 Å². The molecule has 1 aromatic rings. The third kappa shape index (κ3) is 2.41. The molecule has 0 fully saturated rings. The number of rotatable bonds is 4. The van der Waals surface area contributed by atoms with Gasteiger partial charge in [0.15, 0.2) is 17.4 Å². The molecule has 0 saturated carbocycles. The number of aryl methyl sites for hydroxylation is 1. The van der Waals surface area contributed by atoms with Gasteiger partial charge in [-0.3, -0.25) is 0 Å². The van der Waals surface area contributed by atoms with E-state index in [1.165, 1.54) is 7.11 Å². The molecule has 0 heterocycles. The summed E-state index contributed by atoms with van der Waals surface area (Å²) in [4.78, 5) is 0. The van der Waals surface area contributed by atoms with Crippen molar-refractivity contribution in [3.05, 3.63) is 29.1 Å². The molecule has 0 atom stereocenters. The van der Waals surface area contributed by atoms with E-state index in [1.807, 2.05) is 0 Å². The maximum atomic E-state index is 13.2. The molecule has 0 spiro atoms. The van der Waals surface area contributed by atoms with Gasteiger partial charge < -0.3 is 10.5 Å². The maximum absolute atomic E-state index is 13.2. The molecule has 0 amide bonds. The zero-order valence-electron chi connectivity index (χ0n) is 8.32. The van der Waals surface area contributed by atoms with Gasteiger partial charge in [-0.15, -0.1) is 0 Å². The summed E-state index contributed by atoms with van der Waals surface area (Å²) in [6.07, 6.45) is 0.911. The van der Waals surface area contributed by atoms with Crippen LogP contribution >= 0.6 is 0 Å². The van der Waals surface area contributed by atoms with Crippen molar-refractivity contribution in [2.24, 2.45) is 5.73 Å². The first-order valence-corrected chi connectivity index (χ1v) is 4.52. The van der Waals surface area contributed by atoms with Crippen molar-refractivity contribution in [2.75, 3.05) is 13.7 Å². The number of ether oxygens (including phenoxy) is 1. The molecule has 0 aromatic heterocycles. The molecule has 15 heavy (non-hydrogen) atoms. The van der Waals surface area contributed by atoms with Gasteiger partial charge in [0.1, 0.15) is 0 Å². The standard InChI is InChI=1S/C10H12F3NO/c1-15-10-6(3-2-4-14)5-7(11)8(12)9(10)13/h5H,2-4,14H2,1H3. The lowest BCUT2D eigenvalue weighted by molar-refractivity contribution is 0.355. The van der Waals surface area contributed by atoms with E-state index < -0.39 is 17.5 Å². The van der Waals surface area contributed by atoms with Crippen LogP contribution in [0.15, 0.2) is 6.07 Å². The van der Waals surface area contributed by atoms with Gasteiger partial charge in [0.05, 0.1) is 7.11 Å². The van der Waals surface area contributed by atoms with Crippen LogP contribution in [-0.4, -0.2) is 13.7 Å². The number of halogens is 3. The zero-order chi connectivity index (χ0) is 11.4. The van der Waals surface area contributed by atoms with E-state index >= 15 is 0 Å². The van der Waals surface area contributed by atoms with Gasteiger partial charge in [-0.1, -0.05) is 0 Å². The minimum atomic E-state index is -1.51. The number of hydrogen-bond acceptors (Lipinski definition) is 2. The van der Waals surface area contributed by atoms with Gasteiger partial charge in [0, 0.05) is 5.56 Å². The summed E-state index contributed by atoms with van der Waals surface area (Å²) in [7, 11) is 1.21. The maximum Gasteiger partial charge on any atom is 0.203 e. The van der Waals surface area contributed by atoms with Crippen molar-refractivity contribution < 1.29 is 17.9 Å². The molecule has 1 aromatic carbocycles.